The van der Waals surface area contributed by atoms with Gasteiger partial charge in [-0.05, 0) is 36.8 Å². The molecule has 3 rings (SSSR count). The highest BCUT2D eigenvalue weighted by molar-refractivity contribution is 5.97. The highest BCUT2D eigenvalue weighted by Crippen LogP contribution is 2.37. The van der Waals surface area contributed by atoms with Crippen molar-refractivity contribution in [2.24, 2.45) is 11.8 Å². The summed E-state index contributed by atoms with van der Waals surface area (Å²) in [5, 5.41) is 15.5. The second-order valence-corrected chi connectivity index (χ2v) is 5.99. The van der Waals surface area contributed by atoms with E-state index in [0.717, 1.165) is 28.3 Å². The van der Waals surface area contributed by atoms with Crippen LogP contribution in [0.1, 0.15) is 26.7 Å². The number of anilines is 1. The summed E-state index contributed by atoms with van der Waals surface area (Å²) in [6, 6.07) is 12.4. The summed E-state index contributed by atoms with van der Waals surface area (Å²) in [6.45, 7) is 4.60. The molecule has 1 aliphatic rings. The Kier molecular flexibility index (Phi) is 3.09. The summed E-state index contributed by atoms with van der Waals surface area (Å²) in [6.07, 6.45) is 2.51. The van der Waals surface area contributed by atoms with E-state index in [1.165, 1.54) is 12.8 Å². The molecule has 0 atom stereocenters. The summed E-state index contributed by atoms with van der Waals surface area (Å²) in [5.41, 5.74) is 1.14. The molecule has 1 aliphatic carbocycles. The summed E-state index contributed by atoms with van der Waals surface area (Å²) in [4.78, 5) is 0. The summed E-state index contributed by atoms with van der Waals surface area (Å²) in [5.74, 6) is 2.00. The van der Waals surface area contributed by atoms with Crippen molar-refractivity contribution in [3.8, 4) is 5.75 Å². The molecule has 0 bridgehead atoms. The predicted octanol–water partition coefficient (Wildman–Crippen LogP) is 4.39. The lowest BCUT2D eigenvalue weighted by Crippen LogP contribution is -2.37. The molecule has 0 spiro atoms. The molecule has 1 saturated carbocycles. The quantitative estimate of drug-likeness (QED) is 0.852. The van der Waals surface area contributed by atoms with Crippen molar-refractivity contribution in [1.82, 2.24) is 0 Å². The Bertz CT molecular complexity index is 585. The van der Waals surface area contributed by atoms with Crippen molar-refractivity contribution in [2.75, 3.05) is 5.32 Å². The Morgan fingerprint density at radius 2 is 1.74 bits per heavy atom. The van der Waals surface area contributed by atoms with E-state index in [9.17, 15) is 5.11 Å². The lowest BCUT2D eigenvalue weighted by atomic mass is 9.73. The van der Waals surface area contributed by atoms with Gasteiger partial charge < -0.3 is 10.4 Å². The molecular weight excluding hydrogens is 234 g/mol. The van der Waals surface area contributed by atoms with Gasteiger partial charge in [0.1, 0.15) is 5.75 Å². The molecule has 2 nitrogen and oxygen atoms in total. The van der Waals surface area contributed by atoms with Crippen LogP contribution in [0.15, 0.2) is 36.4 Å². The average molecular weight is 255 g/mol. The zero-order chi connectivity index (χ0) is 13.4. The fraction of sp³-hybridized carbons (Fsp3) is 0.412. The van der Waals surface area contributed by atoms with E-state index in [1.807, 2.05) is 18.2 Å². The van der Waals surface area contributed by atoms with Crippen LogP contribution in [0.5, 0.6) is 5.75 Å². The first-order valence-electron chi connectivity index (χ1n) is 7.12. The summed E-state index contributed by atoms with van der Waals surface area (Å²) in [7, 11) is 0. The number of hydrogen-bond acceptors (Lipinski definition) is 2. The van der Waals surface area contributed by atoms with Gasteiger partial charge >= 0.3 is 0 Å². The number of fused-ring (bicyclic) bond motifs is 1. The number of phenols is 1. The SMILES string of the molecule is CC(C)C1CC(Nc2cccc3c(O)cccc23)C1. The number of aromatic hydroxyl groups is 1. The van der Waals surface area contributed by atoms with Crippen LogP contribution in [0.25, 0.3) is 10.8 Å². The number of rotatable bonds is 3. The zero-order valence-electron chi connectivity index (χ0n) is 11.6. The maximum absolute atomic E-state index is 9.89. The lowest BCUT2D eigenvalue weighted by Gasteiger charge is -2.39. The molecule has 0 heterocycles. The summed E-state index contributed by atoms with van der Waals surface area (Å²) < 4.78 is 0. The van der Waals surface area contributed by atoms with Gasteiger partial charge in [0.2, 0.25) is 0 Å². The first-order chi connectivity index (χ1) is 9.15. The van der Waals surface area contributed by atoms with Crippen LogP contribution in [-0.2, 0) is 0 Å². The third kappa shape index (κ3) is 2.27. The molecule has 1 fully saturated rings. The molecule has 2 N–H and O–H groups in total. The number of nitrogens with one attached hydrogen (secondary N) is 1. The maximum atomic E-state index is 9.89. The van der Waals surface area contributed by atoms with E-state index in [2.05, 4.69) is 31.3 Å². The molecule has 100 valence electrons. The predicted molar refractivity (Wildman–Crippen MR) is 80.6 cm³/mol. The smallest absolute Gasteiger partial charge is 0.123 e. The standard InChI is InChI=1S/C17H21NO/c1-11(2)12-9-13(10-12)18-16-7-3-6-15-14(16)5-4-8-17(15)19/h3-8,11-13,18-19H,9-10H2,1-2H3. The van der Waals surface area contributed by atoms with Crippen molar-refractivity contribution in [1.29, 1.82) is 0 Å². The Hall–Kier alpha value is -1.70. The van der Waals surface area contributed by atoms with Crippen molar-refractivity contribution in [3.63, 3.8) is 0 Å². The van der Waals surface area contributed by atoms with E-state index in [0.29, 0.717) is 11.8 Å². The second kappa shape index (κ2) is 4.76. The molecule has 0 aromatic heterocycles. The Morgan fingerprint density at radius 3 is 2.47 bits per heavy atom. The molecular formula is C17H21NO. The maximum Gasteiger partial charge on any atom is 0.123 e. The Balaban J connectivity index is 1.81. The van der Waals surface area contributed by atoms with Crippen LogP contribution in [0.4, 0.5) is 5.69 Å². The molecule has 0 radical (unpaired) electrons. The van der Waals surface area contributed by atoms with Crippen LogP contribution in [0.3, 0.4) is 0 Å². The third-order valence-electron chi connectivity index (χ3n) is 4.38. The van der Waals surface area contributed by atoms with Crippen molar-refractivity contribution in [2.45, 2.75) is 32.7 Å². The Labute approximate surface area is 114 Å². The highest BCUT2D eigenvalue weighted by Gasteiger charge is 2.31. The van der Waals surface area contributed by atoms with Crippen LogP contribution in [0.2, 0.25) is 0 Å². The monoisotopic (exact) mass is 255 g/mol. The van der Waals surface area contributed by atoms with Crippen LogP contribution in [0, 0.1) is 11.8 Å². The second-order valence-electron chi connectivity index (χ2n) is 5.99. The first-order valence-corrected chi connectivity index (χ1v) is 7.12. The van der Waals surface area contributed by atoms with Gasteiger partial charge in [0.25, 0.3) is 0 Å². The highest BCUT2D eigenvalue weighted by atomic mass is 16.3. The minimum atomic E-state index is 0.356. The molecule has 2 aromatic carbocycles. The van der Waals surface area contributed by atoms with Crippen molar-refractivity contribution in [3.05, 3.63) is 36.4 Å². The number of hydrogen-bond donors (Lipinski definition) is 2. The van der Waals surface area contributed by atoms with Crippen LogP contribution >= 0.6 is 0 Å². The molecule has 19 heavy (non-hydrogen) atoms. The van der Waals surface area contributed by atoms with Gasteiger partial charge in [-0.15, -0.1) is 0 Å². The van der Waals surface area contributed by atoms with Gasteiger partial charge in [0.05, 0.1) is 0 Å². The molecule has 2 heteroatoms. The van der Waals surface area contributed by atoms with Gasteiger partial charge in [-0.25, -0.2) is 0 Å². The van der Waals surface area contributed by atoms with E-state index < -0.39 is 0 Å². The fourth-order valence-corrected chi connectivity index (χ4v) is 2.96. The third-order valence-corrected chi connectivity index (χ3v) is 4.38. The topological polar surface area (TPSA) is 32.3 Å². The van der Waals surface area contributed by atoms with E-state index in [4.69, 9.17) is 0 Å². The zero-order valence-corrected chi connectivity index (χ0v) is 11.6. The first kappa shape index (κ1) is 12.3. The molecule has 0 aliphatic heterocycles. The minimum absolute atomic E-state index is 0.356. The number of benzene rings is 2. The Morgan fingerprint density at radius 1 is 1.05 bits per heavy atom. The van der Waals surface area contributed by atoms with Crippen LogP contribution in [-0.4, -0.2) is 11.1 Å². The normalized spacial score (nSPS) is 22.5. The minimum Gasteiger partial charge on any atom is -0.507 e. The molecule has 0 amide bonds. The van der Waals surface area contributed by atoms with E-state index in [-0.39, 0.29) is 0 Å². The average Bonchev–Trinajstić information content (AvgIpc) is 2.33. The van der Waals surface area contributed by atoms with Gasteiger partial charge in [-0.3, -0.25) is 0 Å². The van der Waals surface area contributed by atoms with Crippen LogP contribution < -0.4 is 5.32 Å². The van der Waals surface area contributed by atoms with Gasteiger partial charge in [-0.1, -0.05) is 38.1 Å². The van der Waals surface area contributed by atoms with Gasteiger partial charge in [0.15, 0.2) is 0 Å². The van der Waals surface area contributed by atoms with Gasteiger partial charge in [-0.2, -0.15) is 0 Å². The molecule has 2 aromatic rings. The molecule has 0 unspecified atom stereocenters. The van der Waals surface area contributed by atoms with E-state index >= 15 is 0 Å². The molecule has 0 saturated heterocycles. The van der Waals surface area contributed by atoms with Crippen molar-refractivity contribution < 1.29 is 5.11 Å². The largest absolute Gasteiger partial charge is 0.507 e. The fourth-order valence-electron chi connectivity index (χ4n) is 2.96. The van der Waals surface area contributed by atoms with Crippen molar-refractivity contribution >= 4 is 16.5 Å². The summed E-state index contributed by atoms with van der Waals surface area (Å²) >= 11 is 0. The van der Waals surface area contributed by atoms with E-state index in [1.54, 1.807) is 6.07 Å². The van der Waals surface area contributed by atoms with Gasteiger partial charge in [0, 0.05) is 22.5 Å². The number of phenolic OH excluding ortho intramolecular Hbond substituents is 1. The lowest BCUT2D eigenvalue weighted by molar-refractivity contribution is 0.212.